The zero-order valence-electron chi connectivity index (χ0n) is 19.0. The van der Waals surface area contributed by atoms with E-state index in [-0.39, 0.29) is 36.0 Å². The lowest BCUT2D eigenvalue weighted by Crippen LogP contribution is -2.55. The molecule has 0 aliphatic carbocycles. The molecular weight excluding hydrogens is 456 g/mol. The highest BCUT2D eigenvalue weighted by Gasteiger charge is 2.33. The van der Waals surface area contributed by atoms with Crippen LogP contribution in [0.25, 0.3) is 11.0 Å². The Labute approximate surface area is 199 Å². The minimum absolute atomic E-state index is 0.118. The number of phenolic OH excluding ortho intramolecular Hbond substituents is 2. The molecule has 5 rings (SSSR count). The predicted molar refractivity (Wildman–Crippen MR) is 124 cm³/mol. The Morgan fingerprint density at radius 3 is 2.43 bits per heavy atom. The summed E-state index contributed by atoms with van der Waals surface area (Å²) in [5.41, 5.74) is -0.166. The van der Waals surface area contributed by atoms with E-state index < -0.39 is 23.2 Å². The number of aromatic hydroxyl groups is 2. The molecule has 0 unspecified atom stereocenters. The van der Waals surface area contributed by atoms with Crippen molar-refractivity contribution in [3.63, 3.8) is 0 Å². The first-order valence-electron chi connectivity index (χ1n) is 11.3. The van der Waals surface area contributed by atoms with E-state index in [4.69, 9.17) is 13.9 Å². The fraction of sp³-hybridized carbons (Fsp3) is 0.320. The van der Waals surface area contributed by atoms with Crippen molar-refractivity contribution in [2.24, 2.45) is 0 Å². The molecule has 2 aliphatic heterocycles. The first-order valence-corrected chi connectivity index (χ1v) is 11.3. The van der Waals surface area contributed by atoms with Gasteiger partial charge in [0.15, 0.2) is 22.8 Å². The summed E-state index contributed by atoms with van der Waals surface area (Å²) in [6, 6.07) is 10.00. The second-order valence-corrected chi connectivity index (χ2v) is 8.55. The Kier molecular flexibility index (Phi) is 5.72. The third kappa shape index (κ3) is 4.11. The number of fused-ring (bicyclic) bond motifs is 2. The Bertz CT molecular complexity index is 1370. The van der Waals surface area contributed by atoms with Gasteiger partial charge in [-0.25, -0.2) is 4.79 Å². The van der Waals surface area contributed by atoms with Gasteiger partial charge in [0, 0.05) is 31.6 Å². The molecule has 2 aliphatic rings. The highest BCUT2D eigenvalue weighted by Crippen LogP contribution is 2.35. The van der Waals surface area contributed by atoms with E-state index >= 15 is 0 Å². The van der Waals surface area contributed by atoms with Gasteiger partial charge in [-0.1, -0.05) is 12.1 Å². The largest absolute Gasteiger partial charge is 0.504 e. The normalized spacial score (nSPS) is 17.5. The van der Waals surface area contributed by atoms with Gasteiger partial charge in [0.05, 0.1) is 12.0 Å². The number of carbonyl (C=O) groups is 2. The zero-order valence-corrected chi connectivity index (χ0v) is 19.0. The summed E-state index contributed by atoms with van der Waals surface area (Å²) in [4.78, 5) is 41.7. The van der Waals surface area contributed by atoms with Crippen LogP contribution in [-0.4, -0.2) is 70.7 Å². The lowest BCUT2D eigenvalue weighted by molar-refractivity contribution is -0.146. The van der Waals surface area contributed by atoms with Gasteiger partial charge in [0.2, 0.25) is 17.8 Å². The topological polar surface area (TPSA) is 130 Å². The molecule has 3 heterocycles. The van der Waals surface area contributed by atoms with Crippen molar-refractivity contribution < 1.29 is 33.7 Å². The van der Waals surface area contributed by atoms with Gasteiger partial charge in [-0.2, -0.15) is 0 Å². The van der Waals surface area contributed by atoms with Crippen molar-refractivity contribution in [2.75, 3.05) is 32.8 Å². The van der Waals surface area contributed by atoms with Crippen LogP contribution in [0, 0.1) is 6.92 Å². The number of para-hydroxylation sites is 2. The minimum Gasteiger partial charge on any atom is -0.504 e. The molecule has 0 radical (unpaired) electrons. The Balaban J connectivity index is 1.23. The van der Waals surface area contributed by atoms with Crippen molar-refractivity contribution >= 4 is 22.8 Å². The number of carbonyl (C=O) groups excluding carboxylic acids is 2. The van der Waals surface area contributed by atoms with E-state index in [1.165, 1.54) is 12.1 Å². The summed E-state index contributed by atoms with van der Waals surface area (Å²) in [7, 11) is 0. The molecule has 3 aromatic rings. The van der Waals surface area contributed by atoms with Crippen molar-refractivity contribution in [1.29, 1.82) is 0 Å². The van der Waals surface area contributed by atoms with Crippen LogP contribution in [0.2, 0.25) is 0 Å². The van der Waals surface area contributed by atoms with E-state index in [9.17, 15) is 24.6 Å². The Hall–Kier alpha value is -4.21. The smallest absolute Gasteiger partial charge is 0.340 e. The van der Waals surface area contributed by atoms with Crippen LogP contribution in [0.15, 0.2) is 45.6 Å². The maximum Gasteiger partial charge on any atom is 0.340 e. The third-order valence-corrected chi connectivity index (χ3v) is 6.46. The second-order valence-electron chi connectivity index (χ2n) is 8.55. The highest BCUT2D eigenvalue weighted by molar-refractivity contribution is 5.89. The van der Waals surface area contributed by atoms with Gasteiger partial charge >= 0.3 is 5.63 Å². The van der Waals surface area contributed by atoms with Crippen LogP contribution < -0.4 is 15.1 Å². The van der Waals surface area contributed by atoms with Crippen molar-refractivity contribution in [2.45, 2.75) is 19.4 Å². The summed E-state index contributed by atoms with van der Waals surface area (Å²) in [6.45, 7) is 3.11. The first-order chi connectivity index (χ1) is 16.8. The molecular formula is C25H24N2O8. The molecule has 35 heavy (non-hydrogen) atoms. The highest BCUT2D eigenvalue weighted by atomic mass is 16.6. The van der Waals surface area contributed by atoms with Gasteiger partial charge in [0.1, 0.15) is 6.61 Å². The number of nitrogens with zero attached hydrogens (tertiary/aromatic N) is 2. The Morgan fingerprint density at radius 1 is 1.00 bits per heavy atom. The average molecular weight is 480 g/mol. The van der Waals surface area contributed by atoms with Gasteiger partial charge in [-0.05, 0) is 36.8 Å². The number of piperazine rings is 1. The monoisotopic (exact) mass is 480 g/mol. The quantitative estimate of drug-likeness (QED) is 0.427. The van der Waals surface area contributed by atoms with Gasteiger partial charge in [-0.15, -0.1) is 0 Å². The summed E-state index contributed by atoms with van der Waals surface area (Å²) >= 11 is 0. The van der Waals surface area contributed by atoms with Crippen LogP contribution in [0.1, 0.15) is 11.1 Å². The average Bonchev–Trinajstić information content (AvgIpc) is 2.88. The molecule has 10 nitrogen and oxygen atoms in total. The maximum absolute atomic E-state index is 13.0. The molecule has 2 aromatic carbocycles. The third-order valence-electron chi connectivity index (χ3n) is 6.46. The molecule has 182 valence electrons. The van der Waals surface area contributed by atoms with E-state index in [1.807, 2.05) is 12.1 Å². The van der Waals surface area contributed by atoms with E-state index in [0.717, 1.165) is 0 Å². The van der Waals surface area contributed by atoms with Gasteiger partial charge in [0.25, 0.3) is 5.91 Å². The molecule has 2 amide bonds. The van der Waals surface area contributed by atoms with Crippen LogP contribution in [0.3, 0.4) is 0 Å². The predicted octanol–water partition coefficient (Wildman–Crippen LogP) is 1.57. The number of aryl methyl sites for hydroxylation is 1. The fourth-order valence-corrected chi connectivity index (χ4v) is 4.42. The summed E-state index contributed by atoms with van der Waals surface area (Å²) in [6.07, 6.45) is -0.913. The molecule has 0 spiro atoms. The minimum atomic E-state index is -0.743. The van der Waals surface area contributed by atoms with Crippen LogP contribution >= 0.6 is 0 Å². The number of benzene rings is 2. The van der Waals surface area contributed by atoms with Gasteiger partial charge < -0.3 is 33.9 Å². The summed E-state index contributed by atoms with van der Waals surface area (Å²) in [5.74, 6) is -0.240. The van der Waals surface area contributed by atoms with Gasteiger partial charge in [-0.3, -0.25) is 9.59 Å². The van der Waals surface area contributed by atoms with Crippen molar-refractivity contribution in [3.05, 3.63) is 57.9 Å². The zero-order chi connectivity index (χ0) is 24.7. The molecule has 0 bridgehead atoms. The Morgan fingerprint density at radius 2 is 1.69 bits per heavy atom. The van der Waals surface area contributed by atoms with E-state index in [2.05, 4.69) is 0 Å². The molecule has 1 aromatic heterocycles. The van der Waals surface area contributed by atoms with E-state index in [1.54, 1.807) is 28.9 Å². The molecule has 1 atom stereocenters. The SMILES string of the molecule is Cc1c(CC(=O)N2CCN(C(=O)[C@H]3COc4ccccc4O3)CC2)c(=O)oc2c(O)c(O)ccc12. The molecule has 1 fully saturated rings. The molecule has 2 N–H and O–H groups in total. The van der Waals surface area contributed by atoms with Crippen LogP contribution in [0.4, 0.5) is 0 Å². The lowest BCUT2D eigenvalue weighted by atomic mass is 10.0. The molecule has 1 saturated heterocycles. The number of phenols is 2. The maximum atomic E-state index is 13.0. The number of amides is 2. The fourth-order valence-electron chi connectivity index (χ4n) is 4.42. The van der Waals surface area contributed by atoms with Crippen molar-refractivity contribution in [1.82, 2.24) is 9.80 Å². The number of hydrogen-bond acceptors (Lipinski definition) is 8. The molecule has 0 saturated carbocycles. The lowest BCUT2D eigenvalue weighted by Gasteiger charge is -2.37. The van der Waals surface area contributed by atoms with E-state index in [0.29, 0.717) is 48.6 Å². The van der Waals surface area contributed by atoms with Crippen molar-refractivity contribution in [3.8, 4) is 23.0 Å². The summed E-state index contributed by atoms with van der Waals surface area (Å²) in [5, 5.41) is 20.1. The summed E-state index contributed by atoms with van der Waals surface area (Å²) < 4.78 is 16.6. The van der Waals surface area contributed by atoms with Crippen LogP contribution in [-0.2, 0) is 16.0 Å². The standard InChI is InChI=1S/C25H24N2O8/c1-14-15-6-7-17(28)22(30)23(15)35-25(32)16(14)12-21(29)26-8-10-27(11-9-26)24(31)20-13-33-18-4-2-3-5-19(18)34-20/h2-7,20,28,30H,8-13H2,1H3/t20-/m1/s1. The number of rotatable bonds is 3. The molecule has 10 heteroatoms. The van der Waals surface area contributed by atoms with Crippen LogP contribution in [0.5, 0.6) is 23.0 Å². The number of ether oxygens (including phenoxy) is 2. The second kappa shape index (κ2) is 8.86. The number of hydrogen-bond donors (Lipinski definition) is 2. The first kappa shape index (κ1) is 22.6.